The normalized spacial score (nSPS) is 11.8. The Morgan fingerprint density at radius 3 is 2.17 bits per heavy atom. The van der Waals surface area contributed by atoms with Crippen molar-refractivity contribution in [1.29, 1.82) is 0 Å². The summed E-state index contributed by atoms with van der Waals surface area (Å²) < 4.78 is 0. The maximum Gasteiger partial charge on any atom is 0.0775 e. The number of rotatable bonds is 1. The van der Waals surface area contributed by atoms with Crippen LogP contribution < -0.4 is 10.4 Å². The van der Waals surface area contributed by atoms with Gasteiger partial charge in [-0.05, 0) is 6.92 Å². The molecular weight excluding hydrogens is 176 g/mol. The van der Waals surface area contributed by atoms with Crippen LogP contribution in [0.3, 0.4) is 0 Å². The molecule has 1 rings (SSSR count). The van der Waals surface area contributed by atoms with Gasteiger partial charge in [0.25, 0.3) is 0 Å². The van der Waals surface area contributed by atoms with Gasteiger partial charge in [0, 0.05) is 0 Å². The summed E-state index contributed by atoms with van der Waals surface area (Å²) in [6, 6.07) is 6.71. The van der Waals surface area contributed by atoms with Gasteiger partial charge in [0.15, 0.2) is 0 Å². The van der Waals surface area contributed by atoms with Crippen molar-refractivity contribution in [3.8, 4) is 0 Å². The Labute approximate surface area is 79.4 Å². The Morgan fingerprint density at radius 1 is 1.17 bits per heavy atom. The summed E-state index contributed by atoms with van der Waals surface area (Å²) in [5.41, 5.74) is 1.31. The molecule has 0 fully saturated rings. The van der Waals surface area contributed by atoms with Crippen LogP contribution in [0.2, 0.25) is 19.6 Å². The maximum absolute atomic E-state index is 3.61. The predicted molar refractivity (Wildman–Crippen MR) is 59.5 cm³/mol. The molecule has 0 atom stereocenters. The first-order chi connectivity index (χ1) is 5.41. The van der Waals surface area contributed by atoms with Crippen LogP contribution in [0, 0.1) is 6.92 Å². The van der Waals surface area contributed by atoms with Crippen molar-refractivity contribution in [1.82, 2.24) is 0 Å². The van der Waals surface area contributed by atoms with Crippen LogP contribution in [0.4, 0.5) is 0 Å². The third-order valence-corrected chi connectivity index (χ3v) is 4.69. The summed E-state index contributed by atoms with van der Waals surface area (Å²) in [6.07, 6.45) is 0. The lowest BCUT2D eigenvalue weighted by atomic mass is 10.2. The highest BCUT2D eigenvalue weighted by Crippen LogP contribution is 2.01. The molecule has 0 heterocycles. The van der Waals surface area contributed by atoms with E-state index >= 15 is 0 Å². The van der Waals surface area contributed by atoms with Gasteiger partial charge in [0.05, 0.1) is 18.3 Å². The molecule has 0 aliphatic rings. The van der Waals surface area contributed by atoms with Gasteiger partial charge >= 0.3 is 0 Å². The molecule has 63 valence electrons. The largest absolute Gasteiger partial charge is 0.0775 e. The fraction of sp³-hybridized carbons (Fsp3) is 0.400. The van der Waals surface area contributed by atoms with Crippen molar-refractivity contribution in [3.63, 3.8) is 0 Å². The minimum absolute atomic E-state index is 1.12. The number of aryl methyl sites for hydroxylation is 1. The molecule has 1 aromatic rings. The van der Waals surface area contributed by atoms with E-state index < -0.39 is 8.07 Å². The van der Waals surface area contributed by atoms with Crippen LogP contribution in [0.1, 0.15) is 5.56 Å². The molecule has 0 amide bonds. The molecule has 1 aromatic carbocycles. The quantitative estimate of drug-likeness (QED) is 0.588. The third-order valence-electron chi connectivity index (χ3n) is 2.10. The maximum atomic E-state index is 3.61. The van der Waals surface area contributed by atoms with Crippen LogP contribution in [0.15, 0.2) is 18.2 Å². The molecule has 3 radical (unpaired) electrons. The Kier molecular flexibility index (Phi) is 2.59. The fourth-order valence-electron chi connectivity index (χ4n) is 1.09. The van der Waals surface area contributed by atoms with Gasteiger partial charge in [-0.25, -0.2) is 0 Å². The van der Waals surface area contributed by atoms with E-state index in [2.05, 4.69) is 55.0 Å². The number of hydrogen-bond donors (Lipinski definition) is 0. The highest BCUT2D eigenvalue weighted by Gasteiger charge is 2.15. The van der Waals surface area contributed by atoms with Crippen LogP contribution >= 0.6 is 0 Å². The first-order valence-electron chi connectivity index (χ1n) is 4.24. The van der Waals surface area contributed by atoms with E-state index in [1.165, 1.54) is 15.9 Å². The summed E-state index contributed by atoms with van der Waals surface area (Å²) in [6.45, 7) is 9.21. The Morgan fingerprint density at radius 2 is 1.75 bits per heavy atom. The van der Waals surface area contributed by atoms with E-state index in [0.717, 1.165) is 0 Å². The van der Waals surface area contributed by atoms with Crippen molar-refractivity contribution in [2.45, 2.75) is 26.6 Å². The average molecular weight is 191 g/mol. The summed E-state index contributed by atoms with van der Waals surface area (Å²) >= 11 is 0. The minimum Gasteiger partial charge on any atom is -0.0656 e. The van der Waals surface area contributed by atoms with Crippen LogP contribution in [0.25, 0.3) is 0 Å². The van der Waals surface area contributed by atoms with Crippen LogP contribution in [0.5, 0.6) is 0 Å². The first kappa shape index (κ1) is 9.74. The predicted octanol–water partition coefficient (Wildman–Crippen LogP) is 1.33. The molecule has 2 heteroatoms. The molecule has 0 N–H and O–H groups in total. The van der Waals surface area contributed by atoms with Gasteiger partial charge in [-0.2, -0.15) is 0 Å². The van der Waals surface area contributed by atoms with Gasteiger partial charge in [-0.1, -0.05) is 53.8 Å². The number of hydrogen-bond acceptors (Lipinski definition) is 0. The SMILES string of the molecule is Cc1ccc([Si](C)(C)C)cc1[Si]. The first-order valence-corrected chi connectivity index (χ1v) is 8.24. The number of benzene rings is 1. The van der Waals surface area contributed by atoms with Crippen LogP contribution in [-0.2, 0) is 0 Å². The third kappa shape index (κ3) is 2.08. The molecule has 0 nitrogen and oxygen atoms in total. The molecular formula is C10H15Si2. The highest BCUT2D eigenvalue weighted by molar-refractivity contribution is 6.88. The van der Waals surface area contributed by atoms with Crippen molar-refractivity contribution >= 4 is 28.7 Å². The molecule has 0 aliphatic carbocycles. The molecule has 12 heavy (non-hydrogen) atoms. The molecule has 0 unspecified atom stereocenters. The second-order valence-electron chi connectivity index (χ2n) is 4.28. The van der Waals surface area contributed by atoms with E-state index in [1.54, 1.807) is 0 Å². The zero-order chi connectivity index (χ0) is 9.35. The van der Waals surface area contributed by atoms with Gasteiger partial charge in [0.2, 0.25) is 0 Å². The van der Waals surface area contributed by atoms with Crippen molar-refractivity contribution in [2.24, 2.45) is 0 Å². The van der Waals surface area contributed by atoms with Crippen molar-refractivity contribution < 1.29 is 0 Å². The highest BCUT2D eigenvalue weighted by atomic mass is 28.3. The molecule has 0 saturated carbocycles. The molecule has 0 bridgehead atoms. The van der Waals surface area contributed by atoms with Gasteiger partial charge < -0.3 is 0 Å². The molecule has 0 spiro atoms. The summed E-state index contributed by atoms with van der Waals surface area (Å²) in [7, 11) is 2.49. The lowest BCUT2D eigenvalue weighted by Crippen LogP contribution is -2.39. The zero-order valence-electron chi connectivity index (χ0n) is 8.23. The Balaban J connectivity index is 3.14. The van der Waals surface area contributed by atoms with E-state index in [0.29, 0.717) is 0 Å². The van der Waals surface area contributed by atoms with E-state index in [4.69, 9.17) is 0 Å². The summed E-state index contributed by atoms with van der Waals surface area (Å²) in [4.78, 5) is 0. The summed E-state index contributed by atoms with van der Waals surface area (Å²) in [5.74, 6) is 0. The Hall–Kier alpha value is -0.346. The smallest absolute Gasteiger partial charge is 0.0656 e. The zero-order valence-corrected chi connectivity index (χ0v) is 10.2. The monoisotopic (exact) mass is 191 g/mol. The standard InChI is InChI=1S/C10H15Si2/c1-8-5-6-9(7-10(8)11)12(2,3)4/h5-7H,1-4H3. The second-order valence-corrected chi connectivity index (χ2v) is 9.90. The topological polar surface area (TPSA) is 0 Å². The summed E-state index contributed by atoms with van der Waals surface area (Å²) in [5, 5.41) is 2.74. The lowest BCUT2D eigenvalue weighted by molar-refractivity contribution is 1.52. The Bertz CT molecular complexity index is 284. The molecule has 0 aliphatic heterocycles. The lowest BCUT2D eigenvalue weighted by Gasteiger charge is -2.17. The van der Waals surface area contributed by atoms with Gasteiger partial charge in [-0.3, -0.25) is 0 Å². The van der Waals surface area contributed by atoms with E-state index in [-0.39, 0.29) is 0 Å². The van der Waals surface area contributed by atoms with E-state index in [9.17, 15) is 0 Å². The average Bonchev–Trinajstić information content (AvgIpc) is 1.92. The second kappa shape index (κ2) is 3.19. The van der Waals surface area contributed by atoms with Gasteiger partial charge in [0.1, 0.15) is 0 Å². The fourth-order valence-corrected chi connectivity index (χ4v) is 2.63. The van der Waals surface area contributed by atoms with Crippen molar-refractivity contribution in [2.75, 3.05) is 0 Å². The van der Waals surface area contributed by atoms with Crippen LogP contribution in [-0.4, -0.2) is 18.3 Å². The van der Waals surface area contributed by atoms with Crippen molar-refractivity contribution in [3.05, 3.63) is 23.8 Å². The molecule has 0 aromatic heterocycles. The minimum atomic E-state index is -1.12. The molecule has 0 saturated heterocycles. The van der Waals surface area contributed by atoms with E-state index in [1.807, 2.05) is 0 Å². The van der Waals surface area contributed by atoms with Gasteiger partial charge in [-0.15, -0.1) is 0 Å².